The lowest BCUT2D eigenvalue weighted by Gasteiger charge is -2.23. The monoisotopic (exact) mass is 343 g/mol. The second kappa shape index (κ2) is 5.83. The molecule has 0 fully saturated rings. The van der Waals surface area contributed by atoms with Crippen molar-refractivity contribution in [1.29, 1.82) is 0 Å². The molecule has 0 aliphatic carbocycles. The minimum Gasteiger partial charge on any atom is -0.311 e. The molecular formula is C17H14ClN3OS. The number of anilines is 1. The highest BCUT2D eigenvalue weighted by atomic mass is 35.5. The largest absolute Gasteiger partial charge is 0.311 e. The van der Waals surface area contributed by atoms with Crippen LogP contribution < -0.4 is 5.32 Å². The number of hydrogen-bond acceptors (Lipinski definition) is 3. The number of thiophene rings is 1. The van der Waals surface area contributed by atoms with Gasteiger partial charge in [0.2, 0.25) is 5.91 Å². The molecule has 0 bridgehead atoms. The second-order valence-corrected chi connectivity index (χ2v) is 7.01. The first-order valence-corrected chi connectivity index (χ1v) is 8.60. The Morgan fingerprint density at radius 1 is 1.35 bits per heavy atom. The molecule has 116 valence electrons. The van der Waals surface area contributed by atoms with Gasteiger partial charge in [0.15, 0.2) is 0 Å². The van der Waals surface area contributed by atoms with Crippen LogP contribution in [0.25, 0.3) is 0 Å². The van der Waals surface area contributed by atoms with Crippen molar-refractivity contribution in [3.8, 4) is 0 Å². The third-order valence-corrected chi connectivity index (χ3v) is 5.12. The van der Waals surface area contributed by atoms with Crippen molar-refractivity contribution < 1.29 is 4.79 Å². The summed E-state index contributed by atoms with van der Waals surface area (Å²) in [4.78, 5) is 13.4. The summed E-state index contributed by atoms with van der Waals surface area (Å²) in [5, 5.41) is 10.2. The predicted octanol–water partition coefficient (Wildman–Crippen LogP) is 4.12. The van der Waals surface area contributed by atoms with Crippen LogP contribution >= 0.6 is 22.9 Å². The van der Waals surface area contributed by atoms with Crippen molar-refractivity contribution in [3.05, 3.63) is 69.0 Å². The van der Waals surface area contributed by atoms with Crippen LogP contribution in [-0.2, 0) is 11.3 Å². The third-order valence-electron chi connectivity index (χ3n) is 4.03. The molecule has 0 spiro atoms. The van der Waals surface area contributed by atoms with Gasteiger partial charge in [-0.1, -0.05) is 29.8 Å². The smallest absolute Gasteiger partial charge is 0.226 e. The van der Waals surface area contributed by atoms with Crippen molar-refractivity contribution in [2.24, 2.45) is 0 Å². The fraction of sp³-hybridized carbons (Fsp3) is 0.176. The van der Waals surface area contributed by atoms with Crippen molar-refractivity contribution >= 4 is 34.7 Å². The first kappa shape index (κ1) is 14.5. The minimum atomic E-state index is -0.00506. The average molecular weight is 344 g/mol. The molecule has 1 unspecified atom stereocenters. The minimum absolute atomic E-state index is 0.00506. The molecule has 0 saturated heterocycles. The van der Waals surface area contributed by atoms with E-state index in [0.717, 1.165) is 16.9 Å². The van der Waals surface area contributed by atoms with E-state index in [1.807, 2.05) is 46.6 Å². The van der Waals surface area contributed by atoms with Gasteiger partial charge in [-0.25, -0.2) is 4.68 Å². The molecule has 0 saturated carbocycles. The normalized spacial score (nSPS) is 16.9. The lowest BCUT2D eigenvalue weighted by molar-refractivity contribution is -0.116. The standard InChI is InChI=1S/C17H14ClN3OS/c18-12-4-1-3-11(7-12)14-8-16(22)20-17-15(14)9-19-21(17)10-13-5-2-6-23-13/h1-7,9,14H,8,10H2,(H,20,22). The molecule has 1 aliphatic rings. The summed E-state index contributed by atoms with van der Waals surface area (Å²) in [6.07, 6.45) is 2.27. The first-order chi connectivity index (χ1) is 11.2. The Balaban J connectivity index is 1.73. The number of rotatable bonds is 3. The maximum atomic E-state index is 12.2. The van der Waals surface area contributed by atoms with Gasteiger partial charge in [0.25, 0.3) is 0 Å². The number of benzene rings is 1. The van der Waals surface area contributed by atoms with Crippen LogP contribution in [0.2, 0.25) is 5.02 Å². The SMILES string of the molecule is O=C1CC(c2cccc(Cl)c2)c2cnn(Cc3cccs3)c2N1. The Hall–Kier alpha value is -2.11. The third kappa shape index (κ3) is 2.78. The number of hydrogen-bond donors (Lipinski definition) is 1. The van der Waals surface area contributed by atoms with E-state index < -0.39 is 0 Å². The van der Waals surface area contributed by atoms with Crippen molar-refractivity contribution in [2.45, 2.75) is 18.9 Å². The van der Waals surface area contributed by atoms with Gasteiger partial charge >= 0.3 is 0 Å². The van der Waals surface area contributed by atoms with Gasteiger partial charge < -0.3 is 5.32 Å². The van der Waals surface area contributed by atoms with Crippen LogP contribution in [0, 0.1) is 0 Å². The summed E-state index contributed by atoms with van der Waals surface area (Å²) in [6.45, 7) is 0.662. The van der Waals surface area contributed by atoms with E-state index in [1.54, 1.807) is 11.3 Å². The molecule has 6 heteroatoms. The molecule has 23 heavy (non-hydrogen) atoms. The highest BCUT2D eigenvalue weighted by molar-refractivity contribution is 7.09. The fourth-order valence-electron chi connectivity index (χ4n) is 2.96. The Bertz CT molecular complexity index is 857. The van der Waals surface area contributed by atoms with Crippen molar-refractivity contribution in [3.63, 3.8) is 0 Å². The van der Waals surface area contributed by atoms with Crippen molar-refractivity contribution in [2.75, 3.05) is 5.32 Å². The fourth-order valence-corrected chi connectivity index (χ4v) is 3.85. The van der Waals surface area contributed by atoms with E-state index in [0.29, 0.717) is 18.0 Å². The summed E-state index contributed by atoms with van der Waals surface area (Å²) in [5.41, 5.74) is 2.09. The summed E-state index contributed by atoms with van der Waals surface area (Å²) in [7, 11) is 0. The van der Waals surface area contributed by atoms with E-state index in [1.165, 1.54) is 4.88 Å². The second-order valence-electron chi connectivity index (χ2n) is 5.55. The number of halogens is 1. The number of amides is 1. The quantitative estimate of drug-likeness (QED) is 0.777. The molecule has 1 aromatic carbocycles. The molecule has 4 nitrogen and oxygen atoms in total. The van der Waals surface area contributed by atoms with Crippen LogP contribution in [0.4, 0.5) is 5.82 Å². The number of aromatic nitrogens is 2. The van der Waals surface area contributed by atoms with Gasteiger partial charge in [0, 0.05) is 27.8 Å². The van der Waals surface area contributed by atoms with Crippen LogP contribution in [0.1, 0.15) is 28.3 Å². The van der Waals surface area contributed by atoms with Crippen molar-refractivity contribution in [1.82, 2.24) is 9.78 Å². The van der Waals surface area contributed by atoms with Crippen LogP contribution in [-0.4, -0.2) is 15.7 Å². The number of nitrogens with one attached hydrogen (secondary N) is 1. The number of nitrogens with zero attached hydrogens (tertiary/aromatic N) is 2. The van der Waals surface area contributed by atoms with Crippen LogP contribution in [0.15, 0.2) is 48.0 Å². The van der Waals surface area contributed by atoms with Gasteiger partial charge in [0.1, 0.15) is 5.82 Å². The number of fused-ring (bicyclic) bond motifs is 1. The van der Waals surface area contributed by atoms with Gasteiger partial charge in [-0.2, -0.15) is 5.10 Å². The van der Waals surface area contributed by atoms with Gasteiger partial charge in [0.05, 0.1) is 12.7 Å². The molecule has 3 heterocycles. The predicted molar refractivity (Wildman–Crippen MR) is 92.2 cm³/mol. The van der Waals surface area contributed by atoms with Gasteiger partial charge in [-0.3, -0.25) is 4.79 Å². The van der Waals surface area contributed by atoms with E-state index in [2.05, 4.69) is 16.5 Å². The zero-order valence-electron chi connectivity index (χ0n) is 12.2. The maximum Gasteiger partial charge on any atom is 0.226 e. The highest BCUT2D eigenvalue weighted by Gasteiger charge is 2.30. The molecule has 1 N–H and O–H groups in total. The topological polar surface area (TPSA) is 46.9 Å². The van der Waals surface area contributed by atoms with Gasteiger partial charge in [-0.05, 0) is 29.1 Å². The average Bonchev–Trinajstić information content (AvgIpc) is 3.18. The first-order valence-electron chi connectivity index (χ1n) is 7.34. The highest BCUT2D eigenvalue weighted by Crippen LogP contribution is 2.37. The lowest BCUT2D eigenvalue weighted by atomic mass is 9.87. The Labute approximate surface area is 142 Å². The summed E-state index contributed by atoms with van der Waals surface area (Å²) < 4.78 is 1.86. The summed E-state index contributed by atoms with van der Waals surface area (Å²) in [5.74, 6) is 0.796. The summed E-state index contributed by atoms with van der Waals surface area (Å²) in [6, 6.07) is 11.8. The Kier molecular flexibility index (Phi) is 3.67. The summed E-state index contributed by atoms with van der Waals surface area (Å²) >= 11 is 7.79. The molecule has 1 aliphatic heterocycles. The van der Waals surface area contributed by atoms with E-state index >= 15 is 0 Å². The molecular weight excluding hydrogens is 330 g/mol. The Morgan fingerprint density at radius 2 is 2.26 bits per heavy atom. The molecule has 3 aromatic rings. The van der Waals surface area contributed by atoms with E-state index in [4.69, 9.17) is 11.6 Å². The van der Waals surface area contributed by atoms with Gasteiger partial charge in [-0.15, -0.1) is 11.3 Å². The number of carbonyl (C=O) groups excluding carboxylic acids is 1. The van der Waals surface area contributed by atoms with Crippen LogP contribution in [0.3, 0.4) is 0 Å². The molecule has 2 aromatic heterocycles. The van der Waals surface area contributed by atoms with E-state index in [-0.39, 0.29) is 11.8 Å². The molecule has 0 radical (unpaired) electrons. The molecule has 1 atom stereocenters. The Morgan fingerprint density at radius 3 is 3.04 bits per heavy atom. The zero-order chi connectivity index (χ0) is 15.8. The zero-order valence-corrected chi connectivity index (χ0v) is 13.8. The lowest BCUT2D eigenvalue weighted by Crippen LogP contribution is -2.25. The molecule has 4 rings (SSSR count). The van der Waals surface area contributed by atoms with Crippen LogP contribution in [0.5, 0.6) is 0 Å². The molecule has 1 amide bonds. The van der Waals surface area contributed by atoms with E-state index in [9.17, 15) is 4.79 Å². The maximum absolute atomic E-state index is 12.2. The number of carbonyl (C=O) groups is 1.